The van der Waals surface area contributed by atoms with E-state index in [2.05, 4.69) is 53.5 Å². The first kappa shape index (κ1) is 32.2. The molecular formula is C38H44FN3O3. The van der Waals surface area contributed by atoms with Crippen molar-refractivity contribution in [2.45, 2.75) is 52.0 Å². The van der Waals surface area contributed by atoms with E-state index < -0.39 is 0 Å². The second-order valence-electron chi connectivity index (χ2n) is 12.0. The first-order valence-corrected chi connectivity index (χ1v) is 15.9. The highest BCUT2D eigenvalue weighted by Gasteiger charge is 2.28. The number of ether oxygens (including phenoxy) is 2. The van der Waals surface area contributed by atoms with Crippen molar-refractivity contribution in [1.82, 2.24) is 15.1 Å². The number of rotatable bonds is 14. The van der Waals surface area contributed by atoms with Crippen molar-refractivity contribution in [1.29, 1.82) is 0 Å². The zero-order valence-corrected chi connectivity index (χ0v) is 26.1. The Hall–Kier alpha value is -4.20. The number of likely N-dealkylation sites (tertiary alicyclic amines) is 1. The van der Waals surface area contributed by atoms with Crippen molar-refractivity contribution in [3.05, 3.63) is 137 Å². The number of hydrogen-bond donors (Lipinski definition) is 1. The van der Waals surface area contributed by atoms with Gasteiger partial charge in [0.05, 0.1) is 19.8 Å². The molecule has 1 fully saturated rings. The molecule has 4 aromatic rings. The van der Waals surface area contributed by atoms with Crippen LogP contribution in [0.3, 0.4) is 0 Å². The number of carbonyl (C=O) groups is 1. The standard InChI is InChI=1S/C38H44FN3O3/c1-30(27-44-29-34-10-6-3-7-11-34)28-45-37-18-14-31(15-19-37)24-40-38(43)42(26-33-12-16-35(39)17-13-33)36-20-22-41(23-21-36)25-32-8-4-2-5-9-32/h2-19,30,36H,20-29H2,1H3,(H,40,43). The lowest BCUT2D eigenvalue weighted by Gasteiger charge is -2.38. The Balaban J connectivity index is 1.10. The lowest BCUT2D eigenvalue weighted by Crippen LogP contribution is -2.50. The largest absolute Gasteiger partial charge is 0.493 e. The molecule has 2 amide bonds. The Morgan fingerprint density at radius 3 is 2.11 bits per heavy atom. The molecule has 5 rings (SSSR count). The molecule has 0 spiro atoms. The summed E-state index contributed by atoms with van der Waals surface area (Å²) < 4.78 is 25.4. The Labute approximate surface area is 266 Å². The van der Waals surface area contributed by atoms with Crippen molar-refractivity contribution >= 4 is 6.03 Å². The van der Waals surface area contributed by atoms with Gasteiger partial charge in [-0.3, -0.25) is 4.90 Å². The Bertz CT molecular complexity index is 1430. The van der Waals surface area contributed by atoms with Crippen LogP contribution in [0.25, 0.3) is 0 Å². The Morgan fingerprint density at radius 1 is 0.822 bits per heavy atom. The maximum Gasteiger partial charge on any atom is 0.318 e. The van der Waals surface area contributed by atoms with Crippen LogP contribution >= 0.6 is 0 Å². The lowest BCUT2D eigenvalue weighted by atomic mass is 10.0. The summed E-state index contributed by atoms with van der Waals surface area (Å²) in [6.45, 7) is 7.51. The fraction of sp³-hybridized carbons (Fsp3) is 0.342. The summed E-state index contributed by atoms with van der Waals surface area (Å²) in [6.07, 6.45) is 1.78. The second-order valence-corrected chi connectivity index (χ2v) is 12.0. The van der Waals surface area contributed by atoms with Gasteiger partial charge in [0.25, 0.3) is 0 Å². The van der Waals surface area contributed by atoms with Gasteiger partial charge in [-0.25, -0.2) is 9.18 Å². The number of nitrogens with one attached hydrogen (secondary N) is 1. The first-order chi connectivity index (χ1) is 22.0. The van der Waals surface area contributed by atoms with Gasteiger partial charge in [0, 0.05) is 44.7 Å². The van der Waals surface area contributed by atoms with E-state index in [1.165, 1.54) is 17.7 Å². The third kappa shape index (κ3) is 10.4. The molecular weight excluding hydrogens is 565 g/mol. The molecule has 1 heterocycles. The molecule has 1 atom stereocenters. The van der Waals surface area contributed by atoms with Gasteiger partial charge in [0.15, 0.2) is 0 Å². The highest BCUT2D eigenvalue weighted by Crippen LogP contribution is 2.22. The molecule has 1 aliphatic rings. The monoisotopic (exact) mass is 609 g/mol. The molecule has 45 heavy (non-hydrogen) atoms. The SMILES string of the molecule is CC(COCc1ccccc1)COc1ccc(CNC(=O)N(Cc2ccc(F)cc2)C2CCN(Cc3ccccc3)CC2)cc1. The van der Waals surface area contributed by atoms with Crippen LogP contribution in [0, 0.1) is 11.7 Å². The van der Waals surface area contributed by atoms with Crippen molar-refractivity contribution in [2.75, 3.05) is 26.3 Å². The quantitative estimate of drug-likeness (QED) is 0.162. The van der Waals surface area contributed by atoms with E-state index in [-0.39, 0.29) is 23.8 Å². The van der Waals surface area contributed by atoms with E-state index in [4.69, 9.17) is 9.47 Å². The summed E-state index contributed by atoms with van der Waals surface area (Å²) in [5, 5.41) is 3.13. The minimum Gasteiger partial charge on any atom is -0.493 e. The lowest BCUT2D eigenvalue weighted by molar-refractivity contribution is 0.0742. The van der Waals surface area contributed by atoms with E-state index in [0.29, 0.717) is 32.9 Å². The molecule has 6 nitrogen and oxygen atoms in total. The summed E-state index contributed by atoms with van der Waals surface area (Å²) in [6, 6.07) is 34.9. The normalized spacial score (nSPS) is 14.5. The maximum atomic E-state index is 13.6. The zero-order valence-electron chi connectivity index (χ0n) is 26.1. The topological polar surface area (TPSA) is 54.0 Å². The summed E-state index contributed by atoms with van der Waals surface area (Å²) >= 11 is 0. The Kier molecular flexibility index (Phi) is 12.0. The number of amides is 2. The molecule has 1 saturated heterocycles. The average Bonchev–Trinajstić information content (AvgIpc) is 3.08. The molecule has 0 radical (unpaired) electrons. The van der Waals surface area contributed by atoms with Crippen LogP contribution in [0.2, 0.25) is 0 Å². The molecule has 1 aliphatic heterocycles. The first-order valence-electron chi connectivity index (χ1n) is 15.9. The molecule has 236 valence electrons. The van der Waals surface area contributed by atoms with Gasteiger partial charge in [0.1, 0.15) is 11.6 Å². The molecule has 0 bridgehead atoms. The van der Waals surface area contributed by atoms with E-state index >= 15 is 0 Å². The summed E-state index contributed by atoms with van der Waals surface area (Å²) in [5.41, 5.74) is 4.38. The molecule has 1 unspecified atom stereocenters. The smallest absolute Gasteiger partial charge is 0.318 e. The van der Waals surface area contributed by atoms with Crippen LogP contribution in [0.4, 0.5) is 9.18 Å². The Morgan fingerprint density at radius 2 is 1.44 bits per heavy atom. The molecule has 1 N–H and O–H groups in total. The highest BCUT2D eigenvalue weighted by molar-refractivity contribution is 5.74. The predicted molar refractivity (Wildman–Crippen MR) is 176 cm³/mol. The number of benzene rings is 4. The van der Waals surface area contributed by atoms with Gasteiger partial charge in [0.2, 0.25) is 0 Å². The van der Waals surface area contributed by atoms with E-state index in [1.54, 1.807) is 12.1 Å². The fourth-order valence-electron chi connectivity index (χ4n) is 5.61. The van der Waals surface area contributed by atoms with Crippen LogP contribution in [0.15, 0.2) is 109 Å². The molecule has 0 aromatic heterocycles. The number of hydrogen-bond acceptors (Lipinski definition) is 4. The van der Waals surface area contributed by atoms with E-state index in [1.807, 2.05) is 53.4 Å². The predicted octanol–water partition coefficient (Wildman–Crippen LogP) is 7.43. The van der Waals surface area contributed by atoms with Gasteiger partial charge >= 0.3 is 6.03 Å². The van der Waals surface area contributed by atoms with Crippen molar-refractivity contribution < 1.29 is 18.7 Å². The number of urea groups is 1. The summed E-state index contributed by atoms with van der Waals surface area (Å²) in [7, 11) is 0. The van der Waals surface area contributed by atoms with Crippen LogP contribution in [-0.4, -0.2) is 48.2 Å². The minimum atomic E-state index is -0.276. The van der Waals surface area contributed by atoms with E-state index in [9.17, 15) is 9.18 Å². The molecule has 4 aromatic carbocycles. The van der Waals surface area contributed by atoms with Crippen LogP contribution in [0.1, 0.15) is 42.0 Å². The van der Waals surface area contributed by atoms with Gasteiger partial charge in [-0.1, -0.05) is 91.9 Å². The molecule has 0 aliphatic carbocycles. The molecule has 7 heteroatoms. The van der Waals surface area contributed by atoms with Gasteiger partial charge in [-0.15, -0.1) is 0 Å². The van der Waals surface area contributed by atoms with Crippen molar-refractivity contribution in [3.63, 3.8) is 0 Å². The van der Waals surface area contributed by atoms with Crippen LogP contribution < -0.4 is 10.1 Å². The summed E-state index contributed by atoms with van der Waals surface area (Å²) in [5.74, 6) is 0.771. The minimum absolute atomic E-state index is 0.106. The van der Waals surface area contributed by atoms with Gasteiger partial charge in [-0.2, -0.15) is 0 Å². The summed E-state index contributed by atoms with van der Waals surface area (Å²) in [4.78, 5) is 17.9. The van der Waals surface area contributed by atoms with Gasteiger partial charge < -0.3 is 19.7 Å². The van der Waals surface area contributed by atoms with Crippen molar-refractivity contribution in [3.8, 4) is 5.75 Å². The third-order valence-corrected chi connectivity index (χ3v) is 8.19. The zero-order chi connectivity index (χ0) is 31.3. The number of nitrogens with zero attached hydrogens (tertiary/aromatic N) is 2. The van der Waals surface area contributed by atoms with Crippen LogP contribution in [0.5, 0.6) is 5.75 Å². The fourth-order valence-corrected chi connectivity index (χ4v) is 5.61. The van der Waals surface area contributed by atoms with E-state index in [0.717, 1.165) is 54.9 Å². The molecule has 0 saturated carbocycles. The number of carbonyl (C=O) groups excluding carboxylic acids is 1. The average molecular weight is 610 g/mol. The van der Waals surface area contributed by atoms with Crippen molar-refractivity contribution in [2.24, 2.45) is 5.92 Å². The highest BCUT2D eigenvalue weighted by atomic mass is 19.1. The maximum absolute atomic E-state index is 13.6. The number of halogens is 1. The number of piperidine rings is 1. The third-order valence-electron chi connectivity index (χ3n) is 8.19. The van der Waals surface area contributed by atoms with Crippen LogP contribution in [-0.2, 0) is 31.0 Å². The second kappa shape index (κ2) is 16.8. The van der Waals surface area contributed by atoms with Gasteiger partial charge in [-0.05, 0) is 59.4 Å².